The summed E-state index contributed by atoms with van der Waals surface area (Å²) in [7, 11) is 0. The zero-order valence-corrected chi connectivity index (χ0v) is 15.1. The summed E-state index contributed by atoms with van der Waals surface area (Å²) < 4.78 is 3.84. The van der Waals surface area contributed by atoms with E-state index in [1.165, 1.54) is 23.0 Å². The Morgan fingerprint density at radius 1 is 0.962 bits per heavy atom. The summed E-state index contributed by atoms with van der Waals surface area (Å²) in [6.45, 7) is 7.06. The van der Waals surface area contributed by atoms with Crippen LogP contribution in [0.25, 0.3) is 17.2 Å². The first kappa shape index (κ1) is 16.2. The van der Waals surface area contributed by atoms with Crippen LogP contribution in [0.2, 0.25) is 0 Å². The summed E-state index contributed by atoms with van der Waals surface area (Å²) in [5, 5.41) is 4.21. The first-order valence-corrected chi connectivity index (χ1v) is 8.51. The van der Waals surface area contributed by atoms with Gasteiger partial charge in [-0.25, -0.2) is 19.6 Å². The minimum absolute atomic E-state index is 0.657. The van der Waals surface area contributed by atoms with Crippen LogP contribution in [0, 0.1) is 20.8 Å². The minimum Gasteiger partial charge on any atom is -0.326 e. The molecule has 130 valence electrons. The number of benzene rings is 1. The van der Waals surface area contributed by atoms with Gasteiger partial charge in [0.05, 0.1) is 6.54 Å². The van der Waals surface area contributed by atoms with Crippen LogP contribution in [-0.2, 0) is 6.54 Å². The van der Waals surface area contributed by atoms with Crippen molar-refractivity contribution in [1.29, 1.82) is 0 Å². The van der Waals surface area contributed by atoms with E-state index in [1.807, 2.05) is 18.5 Å². The molecule has 3 heterocycles. The van der Waals surface area contributed by atoms with Gasteiger partial charge in [-0.05, 0) is 49.6 Å². The quantitative estimate of drug-likeness (QED) is 0.568. The average molecular weight is 344 g/mol. The lowest BCUT2D eigenvalue weighted by atomic mass is 10.0. The summed E-state index contributed by atoms with van der Waals surface area (Å²) in [6, 6.07) is 8.42. The highest BCUT2D eigenvalue weighted by Gasteiger charge is 2.13. The summed E-state index contributed by atoms with van der Waals surface area (Å²) in [5.74, 6) is 1.74. The Morgan fingerprint density at radius 2 is 1.81 bits per heavy atom. The Balaban J connectivity index is 1.75. The Kier molecular flexibility index (Phi) is 4.08. The molecule has 1 aromatic carbocycles. The maximum atomic E-state index is 4.61. The SMILES string of the molecule is Cc1cc(C)c(-c2nccn2Cc2cccnc2-n2cncn2)cc1C. The van der Waals surface area contributed by atoms with Gasteiger partial charge in [0.1, 0.15) is 18.5 Å². The van der Waals surface area contributed by atoms with E-state index in [9.17, 15) is 0 Å². The molecule has 0 radical (unpaired) electrons. The monoisotopic (exact) mass is 344 g/mol. The van der Waals surface area contributed by atoms with E-state index in [2.05, 4.69) is 63.6 Å². The highest BCUT2D eigenvalue weighted by molar-refractivity contribution is 5.63. The van der Waals surface area contributed by atoms with E-state index in [-0.39, 0.29) is 0 Å². The van der Waals surface area contributed by atoms with Crippen molar-refractivity contribution in [3.05, 3.63) is 77.8 Å². The fraction of sp³-hybridized carbons (Fsp3) is 0.200. The zero-order chi connectivity index (χ0) is 18.1. The molecule has 0 aliphatic heterocycles. The second-order valence-corrected chi connectivity index (χ2v) is 6.46. The molecule has 0 spiro atoms. The molecular formula is C20H20N6. The third kappa shape index (κ3) is 2.90. The van der Waals surface area contributed by atoms with Crippen LogP contribution >= 0.6 is 0 Å². The van der Waals surface area contributed by atoms with E-state index >= 15 is 0 Å². The first-order chi connectivity index (χ1) is 12.6. The molecule has 0 fully saturated rings. The first-order valence-electron chi connectivity index (χ1n) is 8.51. The highest BCUT2D eigenvalue weighted by atomic mass is 15.3. The third-order valence-electron chi connectivity index (χ3n) is 4.64. The summed E-state index contributed by atoms with van der Waals surface area (Å²) in [4.78, 5) is 13.1. The molecule has 0 aliphatic carbocycles. The third-order valence-corrected chi connectivity index (χ3v) is 4.64. The Labute approximate surface area is 152 Å². The van der Waals surface area contributed by atoms with E-state index in [0.717, 1.165) is 22.8 Å². The number of hydrogen-bond acceptors (Lipinski definition) is 4. The lowest BCUT2D eigenvalue weighted by Gasteiger charge is -2.14. The fourth-order valence-electron chi connectivity index (χ4n) is 3.14. The van der Waals surface area contributed by atoms with Gasteiger partial charge < -0.3 is 4.57 Å². The molecule has 0 saturated heterocycles. The van der Waals surface area contributed by atoms with E-state index in [1.54, 1.807) is 17.2 Å². The van der Waals surface area contributed by atoms with Gasteiger partial charge in [0, 0.05) is 29.7 Å². The number of imidazole rings is 1. The molecule has 26 heavy (non-hydrogen) atoms. The molecule has 4 rings (SSSR count). The van der Waals surface area contributed by atoms with Crippen molar-refractivity contribution in [2.24, 2.45) is 0 Å². The maximum Gasteiger partial charge on any atom is 0.160 e. The van der Waals surface area contributed by atoms with Crippen molar-refractivity contribution in [2.45, 2.75) is 27.3 Å². The number of rotatable bonds is 4. The predicted octanol–water partition coefficient (Wildman–Crippen LogP) is 3.50. The lowest BCUT2D eigenvalue weighted by Crippen LogP contribution is -2.08. The van der Waals surface area contributed by atoms with Crippen LogP contribution in [0.15, 0.2) is 55.5 Å². The lowest BCUT2D eigenvalue weighted by molar-refractivity contribution is 0.764. The Morgan fingerprint density at radius 3 is 2.62 bits per heavy atom. The van der Waals surface area contributed by atoms with Crippen molar-refractivity contribution >= 4 is 0 Å². The van der Waals surface area contributed by atoms with Crippen molar-refractivity contribution in [3.63, 3.8) is 0 Å². The van der Waals surface area contributed by atoms with Crippen LogP contribution < -0.4 is 0 Å². The van der Waals surface area contributed by atoms with E-state index < -0.39 is 0 Å². The fourth-order valence-corrected chi connectivity index (χ4v) is 3.14. The van der Waals surface area contributed by atoms with Gasteiger partial charge >= 0.3 is 0 Å². The van der Waals surface area contributed by atoms with Crippen LogP contribution in [0.1, 0.15) is 22.3 Å². The number of aryl methyl sites for hydroxylation is 3. The van der Waals surface area contributed by atoms with Gasteiger partial charge in [-0.15, -0.1) is 0 Å². The minimum atomic E-state index is 0.657. The molecule has 0 atom stereocenters. The number of aromatic nitrogens is 6. The molecule has 0 saturated carbocycles. The van der Waals surface area contributed by atoms with Gasteiger partial charge in [0.25, 0.3) is 0 Å². The molecule has 4 aromatic rings. The van der Waals surface area contributed by atoms with Crippen molar-refractivity contribution in [2.75, 3.05) is 0 Å². The van der Waals surface area contributed by atoms with Crippen LogP contribution in [0.4, 0.5) is 0 Å². The molecule has 3 aromatic heterocycles. The molecular weight excluding hydrogens is 324 g/mol. The Hall–Kier alpha value is -3.28. The normalized spacial score (nSPS) is 11.0. The second kappa shape index (κ2) is 6.55. The number of nitrogens with zero attached hydrogens (tertiary/aromatic N) is 6. The standard InChI is InChI=1S/C20H20N6/c1-14-9-16(3)18(10-15(14)2)20-23-7-8-25(20)11-17-5-4-6-22-19(17)26-13-21-12-24-26/h4-10,12-13H,11H2,1-3H3. The predicted molar refractivity (Wildman–Crippen MR) is 100 cm³/mol. The van der Waals surface area contributed by atoms with Crippen molar-refractivity contribution in [3.8, 4) is 17.2 Å². The molecule has 6 nitrogen and oxygen atoms in total. The second-order valence-electron chi connectivity index (χ2n) is 6.46. The Bertz CT molecular complexity index is 1050. The smallest absolute Gasteiger partial charge is 0.160 e. The zero-order valence-electron chi connectivity index (χ0n) is 15.1. The van der Waals surface area contributed by atoms with Gasteiger partial charge in [0.15, 0.2) is 5.82 Å². The summed E-state index contributed by atoms with van der Waals surface area (Å²) >= 11 is 0. The maximum absolute atomic E-state index is 4.61. The van der Waals surface area contributed by atoms with Crippen LogP contribution in [-0.4, -0.2) is 29.3 Å². The molecule has 0 N–H and O–H groups in total. The van der Waals surface area contributed by atoms with Gasteiger partial charge in [0.2, 0.25) is 0 Å². The van der Waals surface area contributed by atoms with Gasteiger partial charge in [-0.2, -0.15) is 5.10 Å². The molecule has 0 bridgehead atoms. The topological polar surface area (TPSA) is 61.4 Å². The van der Waals surface area contributed by atoms with Crippen molar-refractivity contribution < 1.29 is 0 Å². The summed E-state index contributed by atoms with van der Waals surface area (Å²) in [5.41, 5.74) is 6.00. The van der Waals surface area contributed by atoms with Gasteiger partial charge in [-0.1, -0.05) is 12.1 Å². The van der Waals surface area contributed by atoms with Crippen molar-refractivity contribution in [1.82, 2.24) is 29.3 Å². The van der Waals surface area contributed by atoms with E-state index in [4.69, 9.17) is 0 Å². The molecule has 0 amide bonds. The van der Waals surface area contributed by atoms with Crippen LogP contribution in [0.3, 0.4) is 0 Å². The summed E-state index contributed by atoms with van der Waals surface area (Å²) in [6.07, 6.45) is 8.79. The number of hydrogen-bond donors (Lipinski definition) is 0. The number of pyridine rings is 1. The molecule has 0 unspecified atom stereocenters. The average Bonchev–Trinajstić information content (AvgIpc) is 3.31. The largest absolute Gasteiger partial charge is 0.326 e. The highest BCUT2D eigenvalue weighted by Crippen LogP contribution is 2.26. The van der Waals surface area contributed by atoms with Crippen LogP contribution in [0.5, 0.6) is 0 Å². The molecule has 6 heteroatoms. The van der Waals surface area contributed by atoms with E-state index in [0.29, 0.717) is 6.54 Å². The molecule has 0 aliphatic rings. The van der Waals surface area contributed by atoms with Gasteiger partial charge in [-0.3, -0.25) is 0 Å².